The van der Waals surface area contributed by atoms with Crippen molar-refractivity contribution in [1.29, 1.82) is 0 Å². The van der Waals surface area contributed by atoms with E-state index in [0.29, 0.717) is 5.41 Å². The van der Waals surface area contributed by atoms with Crippen LogP contribution in [-0.4, -0.2) is 35.6 Å². The van der Waals surface area contributed by atoms with Crippen molar-refractivity contribution in [2.75, 3.05) is 19.6 Å². The predicted octanol–water partition coefficient (Wildman–Crippen LogP) is 2.75. The van der Waals surface area contributed by atoms with Gasteiger partial charge in [0.05, 0.1) is 5.92 Å². The van der Waals surface area contributed by atoms with Crippen molar-refractivity contribution in [3.8, 4) is 0 Å². The first-order valence-electron chi connectivity index (χ1n) is 7.62. The van der Waals surface area contributed by atoms with Crippen LogP contribution in [-0.2, 0) is 4.79 Å². The van der Waals surface area contributed by atoms with E-state index in [1.54, 1.807) is 0 Å². The number of likely N-dealkylation sites (tertiary alicyclic amines) is 1. The minimum Gasteiger partial charge on any atom is -0.481 e. The lowest BCUT2D eigenvalue weighted by atomic mass is 9.76. The molecule has 1 spiro atoms. The summed E-state index contributed by atoms with van der Waals surface area (Å²) >= 11 is 0. The highest BCUT2D eigenvalue weighted by Gasteiger charge is 2.44. The molecule has 3 fully saturated rings. The maximum absolute atomic E-state index is 10.9. The molecular formula is C15H25NO2. The smallest absolute Gasteiger partial charge is 0.306 e. The third-order valence-electron chi connectivity index (χ3n) is 5.49. The van der Waals surface area contributed by atoms with Crippen LogP contribution >= 0.6 is 0 Å². The van der Waals surface area contributed by atoms with Crippen LogP contribution < -0.4 is 0 Å². The minimum absolute atomic E-state index is 0.0567. The number of carboxylic acid groups (broad SMARTS) is 1. The predicted molar refractivity (Wildman–Crippen MR) is 70.4 cm³/mol. The Morgan fingerprint density at radius 1 is 1.11 bits per heavy atom. The Hall–Kier alpha value is -0.570. The van der Waals surface area contributed by atoms with Gasteiger partial charge < -0.3 is 10.0 Å². The van der Waals surface area contributed by atoms with Crippen LogP contribution in [0.4, 0.5) is 0 Å². The lowest BCUT2D eigenvalue weighted by Gasteiger charge is -2.50. The Balaban J connectivity index is 1.39. The number of rotatable bonds is 3. The summed E-state index contributed by atoms with van der Waals surface area (Å²) in [6.45, 7) is 3.88. The molecule has 0 aromatic rings. The Labute approximate surface area is 110 Å². The van der Waals surface area contributed by atoms with Gasteiger partial charge >= 0.3 is 5.97 Å². The first kappa shape index (κ1) is 12.5. The summed E-state index contributed by atoms with van der Waals surface area (Å²) in [6, 6.07) is 0. The normalized spacial score (nSPS) is 35.6. The molecule has 0 aromatic heterocycles. The van der Waals surface area contributed by atoms with E-state index in [4.69, 9.17) is 5.11 Å². The molecule has 18 heavy (non-hydrogen) atoms. The molecule has 0 atom stereocenters. The first-order valence-corrected chi connectivity index (χ1v) is 7.62. The fourth-order valence-corrected chi connectivity index (χ4v) is 4.43. The molecule has 102 valence electrons. The fraction of sp³-hybridized carbons (Fsp3) is 0.933. The monoisotopic (exact) mass is 251 g/mol. The second kappa shape index (κ2) is 4.84. The SMILES string of the molecule is O=C(O)C1CCC(CN2CC3(CCCC3)C2)CC1. The maximum atomic E-state index is 10.9. The zero-order chi connectivity index (χ0) is 12.6. The molecule has 3 heteroatoms. The summed E-state index contributed by atoms with van der Waals surface area (Å²) in [7, 11) is 0. The molecular weight excluding hydrogens is 226 g/mol. The molecule has 0 bridgehead atoms. The van der Waals surface area contributed by atoms with E-state index in [9.17, 15) is 4.79 Å². The van der Waals surface area contributed by atoms with E-state index >= 15 is 0 Å². The van der Waals surface area contributed by atoms with Crippen molar-refractivity contribution in [3.05, 3.63) is 0 Å². The molecule has 1 saturated heterocycles. The molecule has 0 amide bonds. The highest BCUT2D eigenvalue weighted by Crippen LogP contribution is 2.46. The number of nitrogens with zero attached hydrogens (tertiary/aromatic N) is 1. The van der Waals surface area contributed by atoms with E-state index in [-0.39, 0.29) is 5.92 Å². The third-order valence-corrected chi connectivity index (χ3v) is 5.49. The highest BCUT2D eigenvalue weighted by molar-refractivity contribution is 5.69. The molecule has 3 nitrogen and oxygen atoms in total. The molecule has 1 N–H and O–H groups in total. The molecule has 0 unspecified atom stereocenters. The van der Waals surface area contributed by atoms with Gasteiger partial charge in [0, 0.05) is 19.6 Å². The van der Waals surface area contributed by atoms with E-state index in [1.807, 2.05) is 0 Å². The quantitative estimate of drug-likeness (QED) is 0.838. The summed E-state index contributed by atoms with van der Waals surface area (Å²) in [6.07, 6.45) is 9.85. The van der Waals surface area contributed by atoms with Crippen LogP contribution in [0.2, 0.25) is 0 Å². The van der Waals surface area contributed by atoms with Crippen LogP contribution in [0.3, 0.4) is 0 Å². The summed E-state index contributed by atoms with van der Waals surface area (Å²) in [5.74, 6) is 0.125. The Morgan fingerprint density at radius 2 is 1.72 bits per heavy atom. The molecule has 1 aliphatic heterocycles. The van der Waals surface area contributed by atoms with Gasteiger partial charge in [0.25, 0.3) is 0 Å². The molecule has 3 rings (SSSR count). The standard InChI is InChI=1S/C15H25NO2/c17-14(18)13-5-3-12(4-6-13)9-16-10-15(11-16)7-1-2-8-15/h12-13H,1-11H2,(H,17,18). The molecule has 1 heterocycles. The third kappa shape index (κ3) is 2.42. The summed E-state index contributed by atoms with van der Waals surface area (Å²) in [4.78, 5) is 13.5. The second-order valence-electron chi connectivity index (χ2n) is 6.93. The number of hydrogen-bond donors (Lipinski definition) is 1. The summed E-state index contributed by atoms with van der Waals surface area (Å²) < 4.78 is 0. The van der Waals surface area contributed by atoms with Gasteiger partial charge in [0.2, 0.25) is 0 Å². The zero-order valence-electron chi connectivity index (χ0n) is 11.2. The Kier molecular flexibility index (Phi) is 3.35. The minimum atomic E-state index is -0.581. The van der Waals surface area contributed by atoms with Gasteiger partial charge in [-0.25, -0.2) is 0 Å². The van der Waals surface area contributed by atoms with E-state index in [1.165, 1.54) is 45.3 Å². The average Bonchev–Trinajstić information content (AvgIpc) is 2.78. The molecule has 2 aliphatic carbocycles. The van der Waals surface area contributed by atoms with E-state index in [0.717, 1.165) is 31.6 Å². The van der Waals surface area contributed by atoms with Crippen molar-refractivity contribution in [2.45, 2.75) is 51.4 Å². The number of carbonyl (C=O) groups is 1. The van der Waals surface area contributed by atoms with Crippen molar-refractivity contribution < 1.29 is 9.90 Å². The van der Waals surface area contributed by atoms with Crippen LogP contribution in [0, 0.1) is 17.3 Å². The molecule has 0 radical (unpaired) electrons. The highest BCUT2D eigenvalue weighted by atomic mass is 16.4. The van der Waals surface area contributed by atoms with Gasteiger partial charge in [-0.3, -0.25) is 4.79 Å². The van der Waals surface area contributed by atoms with E-state index in [2.05, 4.69) is 4.90 Å². The molecule has 2 saturated carbocycles. The number of hydrogen-bond acceptors (Lipinski definition) is 2. The van der Waals surface area contributed by atoms with Gasteiger partial charge in [-0.05, 0) is 49.9 Å². The van der Waals surface area contributed by atoms with Crippen molar-refractivity contribution >= 4 is 5.97 Å². The maximum Gasteiger partial charge on any atom is 0.306 e. The Bertz CT molecular complexity index is 306. The van der Waals surface area contributed by atoms with Gasteiger partial charge in [-0.2, -0.15) is 0 Å². The van der Waals surface area contributed by atoms with Gasteiger partial charge in [0.15, 0.2) is 0 Å². The topological polar surface area (TPSA) is 40.5 Å². The first-order chi connectivity index (χ1) is 8.67. The van der Waals surface area contributed by atoms with Gasteiger partial charge in [-0.15, -0.1) is 0 Å². The Morgan fingerprint density at radius 3 is 2.28 bits per heavy atom. The zero-order valence-corrected chi connectivity index (χ0v) is 11.2. The number of aliphatic carboxylic acids is 1. The summed E-state index contributed by atoms with van der Waals surface area (Å²) in [5.41, 5.74) is 0.707. The molecule has 3 aliphatic rings. The van der Waals surface area contributed by atoms with Crippen LogP contribution in [0.25, 0.3) is 0 Å². The summed E-state index contributed by atoms with van der Waals surface area (Å²) in [5, 5.41) is 8.99. The fourth-order valence-electron chi connectivity index (χ4n) is 4.43. The van der Waals surface area contributed by atoms with Crippen molar-refractivity contribution in [3.63, 3.8) is 0 Å². The van der Waals surface area contributed by atoms with Crippen molar-refractivity contribution in [1.82, 2.24) is 4.90 Å². The average molecular weight is 251 g/mol. The van der Waals surface area contributed by atoms with E-state index < -0.39 is 5.97 Å². The van der Waals surface area contributed by atoms with Gasteiger partial charge in [0.1, 0.15) is 0 Å². The van der Waals surface area contributed by atoms with Crippen LogP contribution in [0.1, 0.15) is 51.4 Å². The van der Waals surface area contributed by atoms with Crippen molar-refractivity contribution in [2.24, 2.45) is 17.3 Å². The van der Waals surface area contributed by atoms with Crippen LogP contribution in [0.15, 0.2) is 0 Å². The second-order valence-corrected chi connectivity index (χ2v) is 6.93. The van der Waals surface area contributed by atoms with Crippen LogP contribution in [0.5, 0.6) is 0 Å². The lowest BCUT2D eigenvalue weighted by molar-refractivity contribution is -0.143. The molecule has 0 aromatic carbocycles. The lowest BCUT2D eigenvalue weighted by Crippen LogP contribution is -2.56. The largest absolute Gasteiger partial charge is 0.481 e. The van der Waals surface area contributed by atoms with Gasteiger partial charge in [-0.1, -0.05) is 12.8 Å². The number of carboxylic acids is 1.